The third kappa shape index (κ3) is 31.4. The van der Waals surface area contributed by atoms with Gasteiger partial charge in [0.05, 0.1) is 68.4 Å². The molecule has 0 radical (unpaired) electrons. The molecule has 8 N–H and O–H groups in total. The minimum absolute atomic E-state index is 0.0271. The number of aliphatic hydroxyl groups is 7. The topological polar surface area (TPSA) is 258 Å². The Bertz CT molecular complexity index is 1020. The number of carbonyl (C=O) groups excluding carboxylic acids is 3. The summed E-state index contributed by atoms with van der Waals surface area (Å²) < 4.78 is 16.7. The molecule has 0 amide bonds. The summed E-state index contributed by atoms with van der Waals surface area (Å²) in [6, 6.07) is 0. The summed E-state index contributed by atoms with van der Waals surface area (Å²) in [6.07, 6.45) is -2.94. The Labute approximate surface area is 327 Å². The third-order valence-electron chi connectivity index (χ3n) is 9.23. The number of rotatable bonds is 35. The van der Waals surface area contributed by atoms with Gasteiger partial charge < -0.3 is 55.1 Å². The van der Waals surface area contributed by atoms with E-state index in [1.54, 1.807) is 13.8 Å². The normalized spacial score (nSPS) is 17.1. The Morgan fingerprint density at radius 1 is 0.418 bits per heavy atom. The Kier molecular flexibility index (Phi) is 30.3. The molecule has 0 spiro atoms. The van der Waals surface area contributed by atoms with Gasteiger partial charge in [-0.05, 0) is 78.1 Å². The van der Waals surface area contributed by atoms with Crippen molar-refractivity contribution in [2.45, 2.75) is 230 Å². The largest absolute Gasteiger partial charge is 0.481 e. The molecule has 15 heteroatoms. The maximum absolute atomic E-state index is 13.0. The predicted octanol–water partition coefficient (Wildman–Crippen LogP) is 3.99. The van der Waals surface area contributed by atoms with Crippen LogP contribution in [0.1, 0.15) is 169 Å². The van der Waals surface area contributed by atoms with E-state index in [0.717, 1.165) is 32.1 Å². The van der Waals surface area contributed by atoms with Crippen LogP contribution in [0.25, 0.3) is 0 Å². The summed E-state index contributed by atoms with van der Waals surface area (Å²) in [5.74, 6) is -3.45. The molecular weight excluding hydrogens is 720 g/mol. The minimum atomic E-state index is -1.26. The monoisotopic (exact) mass is 795 g/mol. The predicted molar refractivity (Wildman–Crippen MR) is 204 cm³/mol. The second-order valence-corrected chi connectivity index (χ2v) is 15.3. The van der Waals surface area contributed by atoms with Gasteiger partial charge in [-0.1, -0.05) is 46.0 Å². The first kappa shape index (κ1) is 52.6. The van der Waals surface area contributed by atoms with E-state index in [4.69, 9.17) is 19.3 Å². The number of ether oxygens (including phenoxy) is 3. The zero-order valence-corrected chi connectivity index (χ0v) is 33.8. The molecular formula is C40H74O15. The van der Waals surface area contributed by atoms with Gasteiger partial charge in [-0.3, -0.25) is 19.2 Å². The van der Waals surface area contributed by atoms with Crippen LogP contribution in [-0.2, 0) is 33.4 Å². The zero-order chi connectivity index (χ0) is 41.8. The van der Waals surface area contributed by atoms with E-state index in [-0.39, 0.29) is 38.5 Å². The smallest absolute Gasteiger partial charge is 0.308 e. The van der Waals surface area contributed by atoms with E-state index in [1.807, 2.05) is 13.8 Å². The summed E-state index contributed by atoms with van der Waals surface area (Å²) in [4.78, 5) is 49.5. The molecule has 0 aromatic rings. The molecule has 0 aliphatic heterocycles. The molecule has 10 atom stereocenters. The van der Waals surface area contributed by atoms with E-state index in [9.17, 15) is 54.9 Å². The molecule has 15 nitrogen and oxygen atoms in total. The average molecular weight is 795 g/mol. The van der Waals surface area contributed by atoms with Crippen molar-refractivity contribution in [3.63, 3.8) is 0 Å². The van der Waals surface area contributed by atoms with E-state index >= 15 is 0 Å². The SMILES string of the molecule is CCCCC[C@H](O)C[C@@H](O)CC(=O)O[C@H](CCCC(C)O)C[C@@H](O)CC(=O)O[C@H](CCCCC)C[C@@H](O)CC(=O)O[C@H](CCCC(C)O)C[C@@H](O)CC(=O)O. The zero-order valence-electron chi connectivity index (χ0n) is 33.8. The summed E-state index contributed by atoms with van der Waals surface area (Å²) in [7, 11) is 0. The van der Waals surface area contributed by atoms with Crippen LogP contribution in [0, 0.1) is 0 Å². The lowest BCUT2D eigenvalue weighted by Gasteiger charge is -2.24. The fraction of sp³-hybridized carbons (Fsp3) is 0.900. The van der Waals surface area contributed by atoms with Gasteiger partial charge in [0.25, 0.3) is 0 Å². The molecule has 0 saturated heterocycles. The fourth-order valence-electron chi connectivity index (χ4n) is 6.36. The fourth-order valence-corrected chi connectivity index (χ4v) is 6.36. The number of carbonyl (C=O) groups is 4. The molecule has 2 unspecified atom stereocenters. The van der Waals surface area contributed by atoms with Crippen molar-refractivity contribution in [1.29, 1.82) is 0 Å². The molecule has 0 aliphatic carbocycles. The second-order valence-electron chi connectivity index (χ2n) is 15.3. The van der Waals surface area contributed by atoms with Crippen LogP contribution in [-0.4, -0.2) is 126 Å². The lowest BCUT2D eigenvalue weighted by atomic mass is 10.0. The van der Waals surface area contributed by atoms with Crippen molar-refractivity contribution in [3.05, 3.63) is 0 Å². The van der Waals surface area contributed by atoms with E-state index in [2.05, 4.69) is 0 Å². The number of carboxylic acids is 1. The molecule has 324 valence electrons. The van der Waals surface area contributed by atoms with Crippen molar-refractivity contribution in [1.82, 2.24) is 0 Å². The first-order valence-corrected chi connectivity index (χ1v) is 20.5. The van der Waals surface area contributed by atoms with Crippen LogP contribution in [0.5, 0.6) is 0 Å². The molecule has 55 heavy (non-hydrogen) atoms. The highest BCUT2D eigenvalue weighted by Gasteiger charge is 2.27. The number of hydrogen-bond acceptors (Lipinski definition) is 14. The Hall–Kier alpha value is -2.40. The van der Waals surface area contributed by atoms with Crippen LogP contribution in [0.3, 0.4) is 0 Å². The van der Waals surface area contributed by atoms with Crippen molar-refractivity contribution in [2.24, 2.45) is 0 Å². The van der Waals surface area contributed by atoms with Gasteiger partial charge in [-0.15, -0.1) is 0 Å². The van der Waals surface area contributed by atoms with Gasteiger partial charge in [-0.2, -0.15) is 0 Å². The molecule has 0 bridgehead atoms. The average Bonchev–Trinajstić information content (AvgIpc) is 3.03. The molecule has 0 aromatic heterocycles. The van der Waals surface area contributed by atoms with Gasteiger partial charge in [0.15, 0.2) is 0 Å². The second kappa shape index (κ2) is 31.7. The number of hydrogen-bond donors (Lipinski definition) is 8. The Balaban J connectivity index is 5.34. The standard InChI is InChI=1S/C40H74O15/c1-5-7-9-15-29(43)19-30(44)24-38(50)55-36(18-12-14-28(4)42)22-33(47)26-39(51)53-34(16-10-8-6-2)21-32(46)25-40(52)54-35(17-11-13-27(3)41)20-31(45)23-37(48)49/h27-36,41-47H,5-26H2,1-4H3,(H,48,49)/t27?,28?,29-,30+,31+,32+,33+,34+,35+,36+/m0/s1. The molecule has 0 aliphatic rings. The van der Waals surface area contributed by atoms with Crippen molar-refractivity contribution in [3.8, 4) is 0 Å². The van der Waals surface area contributed by atoms with Gasteiger partial charge in [-0.25, -0.2) is 0 Å². The Morgan fingerprint density at radius 2 is 0.745 bits per heavy atom. The molecule has 0 aromatic carbocycles. The summed E-state index contributed by atoms with van der Waals surface area (Å²) >= 11 is 0. The van der Waals surface area contributed by atoms with Gasteiger partial charge in [0, 0.05) is 19.3 Å². The number of esters is 3. The molecule has 0 saturated carbocycles. The lowest BCUT2D eigenvalue weighted by molar-refractivity contribution is -0.156. The summed E-state index contributed by atoms with van der Waals surface area (Å²) in [5, 5.41) is 80.5. The van der Waals surface area contributed by atoms with Crippen LogP contribution < -0.4 is 0 Å². The highest BCUT2D eigenvalue weighted by atomic mass is 16.6. The maximum atomic E-state index is 13.0. The number of aliphatic hydroxyl groups excluding tert-OH is 7. The number of aliphatic carboxylic acids is 1. The van der Waals surface area contributed by atoms with Crippen LogP contribution in [0.2, 0.25) is 0 Å². The summed E-state index contributed by atoms with van der Waals surface area (Å²) in [6.45, 7) is 7.27. The molecule has 0 heterocycles. The van der Waals surface area contributed by atoms with E-state index < -0.39 is 104 Å². The third-order valence-corrected chi connectivity index (χ3v) is 9.23. The van der Waals surface area contributed by atoms with Crippen molar-refractivity contribution in [2.75, 3.05) is 0 Å². The number of unbranched alkanes of at least 4 members (excludes halogenated alkanes) is 4. The van der Waals surface area contributed by atoms with Gasteiger partial charge >= 0.3 is 23.9 Å². The molecule has 0 rings (SSSR count). The molecule has 0 fully saturated rings. The quantitative estimate of drug-likeness (QED) is 0.0256. The number of carboxylic acid groups (broad SMARTS) is 1. The van der Waals surface area contributed by atoms with Crippen molar-refractivity contribution >= 4 is 23.9 Å². The van der Waals surface area contributed by atoms with Crippen LogP contribution in [0.4, 0.5) is 0 Å². The highest BCUT2D eigenvalue weighted by Crippen LogP contribution is 2.21. The lowest BCUT2D eigenvalue weighted by Crippen LogP contribution is -2.31. The van der Waals surface area contributed by atoms with Gasteiger partial charge in [0.2, 0.25) is 0 Å². The maximum Gasteiger partial charge on any atom is 0.308 e. The Morgan fingerprint density at radius 3 is 1.09 bits per heavy atom. The minimum Gasteiger partial charge on any atom is -0.481 e. The van der Waals surface area contributed by atoms with E-state index in [0.29, 0.717) is 51.4 Å². The van der Waals surface area contributed by atoms with Crippen molar-refractivity contribution < 1.29 is 74.2 Å². The summed E-state index contributed by atoms with van der Waals surface area (Å²) in [5.41, 5.74) is 0. The first-order chi connectivity index (χ1) is 25.9. The van der Waals surface area contributed by atoms with E-state index in [1.165, 1.54) is 0 Å². The van der Waals surface area contributed by atoms with Crippen LogP contribution in [0.15, 0.2) is 0 Å². The van der Waals surface area contributed by atoms with Gasteiger partial charge in [0.1, 0.15) is 18.3 Å². The first-order valence-electron chi connectivity index (χ1n) is 20.5. The van der Waals surface area contributed by atoms with Crippen LogP contribution >= 0.6 is 0 Å². The highest BCUT2D eigenvalue weighted by molar-refractivity contribution is 5.71.